The Kier molecular flexibility index (Phi) is 3.67. The van der Waals surface area contributed by atoms with Crippen molar-refractivity contribution < 1.29 is 17.9 Å². The fraction of sp³-hybridized carbons (Fsp3) is 0.286. The molecule has 0 amide bonds. The van der Waals surface area contributed by atoms with E-state index in [9.17, 15) is 13.2 Å². The molecule has 2 aromatic rings. The molecule has 0 bridgehead atoms. The molecule has 0 spiro atoms. The number of hydrogen-bond donors (Lipinski definition) is 1. The predicted molar refractivity (Wildman–Crippen MR) is 76.5 cm³/mol. The number of nitrogens with zero attached hydrogens (tertiary/aromatic N) is 1. The van der Waals surface area contributed by atoms with E-state index in [0.717, 1.165) is 12.5 Å². The van der Waals surface area contributed by atoms with Gasteiger partial charge in [-0.25, -0.2) is 4.39 Å². The summed E-state index contributed by atoms with van der Waals surface area (Å²) in [6.45, 7) is -1.74. The average Bonchev–Trinajstić information content (AvgIpc) is 2.88. The van der Waals surface area contributed by atoms with Gasteiger partial charge in [0.1, 0.15) is 0 Å². The fourth-order valence-corrected chi connectivity index (χ4v) is 3.36. The summed E-state index contributed by atoms with van der Waals surface area (Å²) in [6.07, 6.45) is 0.856. The molecule has 2 heterocycles. The second-order valence-electron chi connectivity index (χ2n) is 4.76. The number of fused-ring (bicyclic) bond motifs is 1. The van der Waals surface area contributed by atoms with Gasteiger partial charge in [-0.3, -0.25) is 0 Å². The number of anilines is 2. The van der Waals surface area contributed by atoms with E-state index in [2.05, 4.69) is 4.74 Å². The zero-order chi connectivity index (χ0) is 15.0. The van der Waals surface area contributed by atoms with Crippen LogP contribution in [0.5, 0.6) is 5.75 Å². The highest BCUT2D eigenvalue weighted by molar-refractivity contribution is 7.10. The van der Waals surface area contributed by atoms with Crippen molar-refractivity contribution in [2.24, 2.45) is 0 Å². The molecule has 0 aliphatic carbocycles. The largest absolute Gasteiger partial charge is 0.432 e. The molecule has 21 heavy (non-hydrogen) atoms. The summed E-state index contributed by atoms with van der Waals surface area (Å²) in [6, 6.07) is 4.30. The van der Waals surface area contributed by atoms with Crippen molar-refractivity contribution in [2.75, 3.05) is 17.2 Å². The molecule has 1 aliphatic heterocycles. The van der Waals surface area contributed by atoms with Crippen molar-refractivity contribution in [3.63, 3.8) is 0 Å². The molecule has 112 valence electrons. The molecule has 0 fully saturated rings. The van der Waals surface area contributed by atoms with E-state index in [-0.39, 0.29) is 5.69 Å². The number of halogens is 3. The van der Waals surface area contributed by atoms with Crippen LogP contribution in [0, 0.1) is 5.82 Å². The summed E-state index contributed by atoms with van der Waals surface area (Å²) < 4.78 is 42.4. The Morgan fingerprint density at radius 2 is 2.14 bits per heavy atom. The second-order valence-corrected chi connectivity index (χ2v) is 5.76. The molecular formula is C14H13F3N2OS. The van der Waals surface area contributed by atoms with Crippen molar-refractivity contribution in [1.29, 1.82) is 0 Å². The number of thiophene rings is 1. The summed E-state index contributed by atoms with van der Waals surface area (Å²) in [7, 11) is 0. The lowest BCUT2D eigenvalue weighted by Crippen LogP contribution is -2.30. The first-order chi connectivity index (χ1) is 10.0. The smallest absolute Gasteiger partial charge is 0.387 e. The van der Waals surface area contributed by atoms with Crippen LogP contribution in [0.2, 0.25) is 0 Å². The minimum atomic E-state index is -3.07. The lowest BCUT2D eigenvalue weighted by Gasteiger charge is -2.30. The molecule has 0 atom stereocenters. The number of hydrogen-bond acceptors (Lipinski definition) is 4. The predicted octanol–water partition coefficient (Wildman–Crippen LogP) is 3.63. The first kappa shape index (κ1) is 14.1. The number of alkyl halides is 2. The molecule has 3 nitrogen and oxygen atoms in total. The third kappa shape index (κ3) is 2.78. The number of ether oxygens (including phenoxy) is 1. The summed E-state index contributed by atoms with van der Waals surface area (Å²) >= 11 is 1.70. The van der Waals surface area contributed by atoms with Gasteiger partial charge >= 0.3 is 6.61 Å². The molecule has 0 radical (unpaired) electrons. The molecule has 1 aromatic heterocycles. The highest BCUT2D eigenvalue weighted by Crippen LogP contribution is 2.35. The van der Waals surface area contributed by atoms with E-state index in [0.29, 0.717) is 18.8 Å². The van der Waals surface area contributed by atoms with Gasteiger partial charge in [-0.2, -0.15) is 8.78 Å². The van der Waals surface area contributed by atoms with E-state index >= 15 is 0 Å². The Morgan fingerprint density at radius 3 is 2.90 bits per heavy atom. The maximum atomic E-state index is 13.6. The van der Waals surface area contributed by atoms with Gasteiger partial charge in [0.15, 0.2) is 11.6 Å². The Labute approximate surface area is 123 Å². The van der Waals surface area contributed by atoms with Gasteiger partial charge in [-0.15, -0.1) is 11.3 Å². The van der Waals surface area contributed by atoms with Crippen molar-refractivity contribution in [2.45, 2.75) is 19.6 Å². The van der Waals surface area contributed by atoms with Crippen LogP contribution in [0.3, 0.4) is 0 Å². The van der Waals surface area contributed by atoms with Crippen LogP contribution in [0.15, 0.2) is 23.6 Å². The molecule has 0 saturated carbocycles. The highest BCUT2D eigenvalue weighted by atomic mass is 32.1. The summed E-state index contributed by atoms with van der Waals surface area (Å²) in [5.41, 5.74) is 7.74. The summed E-state index contributed by atoms with van der Waals surface area (Å²) in [5, 5.41) is 2.02. The summed E-state index contributed by atoms with van der Waals surface area (Å²) in [5.74, 6) is -1.37. The van der Waals surface area contributed by atoms with Crippen LogP contribution in [0.25, 0.3) is 0 Å². The van der Waals surface area contributed by atoms with Gasteiger partial charge in [0.25, 0.3) is 0 Å². The van der Waals surface area contributed by atoms with Gasteiger partial charge in [-0.05, 0) is 23.4 Å². The molecule has 0 saturated heterocycles. The number of nitrogen functional groups attached to an aromatic ring is 1. The van der Waals surface area contributed by atoms with Crippen LogP contribution >= 0.6 is 11.3 Å². The quantitative estimate of drug-likeness (QED) is 0.879. The maximum absolute atomic E-state index is 13.6. The lowest BCUT2D eigenvalue weighted by atomic mass is 10.1. The van der Waals surface area contributed by atoms with Crippen LogP contribution in [0.1, 0.15) is 10.4 Å². The minimum absolute atomic E-state index is 0.216. The zero-order valence-corrected chi connectivity index (χ0v) is 11.8. The van der Waals surface area contributed by atoms with Crippen molar-refractivity contribution in [3.8, 4) is 5.75 Å². The summed E-state index contributed by atoms with van der Waals surface area (Å²) in [4.78, 5) is 3.26. The Balaban J connectivity index is 1.91. The monoisotopic (exact) mass is 314 g/mol. The van der Waals surface area contributed by atoms with E-state index in [4.69, 9.17) is 5.73 Å². The van der Waals surface area contributed by atoms with Gasteiger partial charge < -0.3 is 15.4 Å². The normalized spacial score (nSPS) is 14.4. The van der Waals surface area contributed by atoms with Crippen molar-refractivity contribution in [3.05, 3.63) is 39.8 Å². The standard InChI is InChI=1S/C14H13F3N2OS/c15-9-5-10(18)11(6-12(9)20-14(16)17)19-3-1-13-8(7-19)2-4-21-13/h2,4-6,14H,1,3,7,18H2. The van der Waals surface area contributed by atoms with Crippen LogP contribution in [-0.2, 0) is 13.0 Å². The molecular weight excluding hydrogens is 301 g/mol. The van der Waals surface area contributed by atoms with E-state index in [1.807, 2.05) is 16.3 Å². The number of nitrogens with two attached hydrogens (primary N) is 1. The number of benzene rings is 1. The SMILES string of the molecule is Nc1cc(F)c(OC(F)F)cc1N1CCc2sccc2C1. The lowest BCUT2D eigenvalue weighted by molar-refractivity contribution is -0.0521. The van der Waals surface area contributed by atoms with Gasteiger partial charge in [0.05, 0.1) is 11.4 Å². The third-order valence-electron chi connectivity index (χ3n) is 3.45. The highest BCUT2D eigenvalue weighted by Gasteiger charge is 2.21. The molecule has 2 N–H and O–H groups in total. The maximum Gasteiger partial charge on any atom is 0.387 e. The van der Waals surface area contributed by atoms with Crippen LogP contribution in [-0.4, -0.2) is 13.2 Å². The molecule has 0 unspecified atom stereocenters. The van der Waals surface area contributed by atoms with Gasteiger partial charge in [0.2, 0.25) is 0 Å². The second kappa shape index (κ2) is 5.48. The first-order valence-electron chi connectivity index (χ1n) is 6.38. The Hall–Kier alpha value is -1.89. The van der Waals surface area contributed by atoms with E-state index in [1.165, 1.54) is 16.5 Å². The molecule has 7 heteroatoms. The van der Waals surface area contributed by atoms with E-state index < -0.39 is 18.2 Å². The number of rotatable bonds is 3. The topological polar surface area (TPSA) is 38.5 Å². The van der Waals surface area contributed by atoms with Crippen molar-refractivity contribution in [1.82, 2.24) is 0 Å². The average molecular weight is 314 g/mol. The molecule has 1 aromatic carbocycles. The third-order valence-corrected chi connectivity index (χ3v) is 4.47. The minimum Gasteiger partial charge on any atom is -0.432 e. The fourth-order valence-electron chi connectivity index (χ4n) is 2.47. The van der Waals surface area contributed by atoms with Gasteiger partial charge in [0, 0.05) is 30.1 Å². The van der Waals surface area contributed by atoms with Crippen LogP contribution in [0.4, 0.5) is 24.5 Å². The molecule has 3 rings (SSSR count). The van der Waals surface area contributed by atoms with Crippen molar-refractivity contribution >= 4 is 22.7 Å². The van der Waals surface area contributed by atoms with Crippen LogP contribution < -0.4 is 15.4 Å². The zero-order valence-electron chi connectivity index (χ0n) is 11.0. The first-order valence-corrected chi connectivity index (χ1v) is 7.26. The Morgan fingerprint density at radius 1 is 1.33 bits per heavy atom. The van der Waals surface area contributed by atoms with Gasteiger partial charge in [-0.1, -0.05) is 0 Å². The Bertz CT molecular complexity index is 660. The van der Waals surface area contributed by atoms with E-state index in [1.54, 1.807) is 11.3 Å². The molecule has 1 aliphatic rings.